The molecule has 0 atom stereocenters. The number of ether oxygens (including phenoxy) is 3. The summed E-state index contributed by atoms with van der Waals surface area (Å²) in [6.45, 7) is 7.40. The first-order valence-electron chi connectivity index (χ1n) is 7.83. The minimum atomic E-state index is -0.0996. The Hall–Kier alpha value is -3.01. The zero-order valence-electron chi connectivity index (χ0n) is 15.0. The van der Waals surface area contributed by atoms with Gasteiger partial charge in [0, 0.05) is 17.2 Å². The van der Waals surface area contributed by atoms with Gasteiger partial charge in [0.1, 0.15) is 17.2 Å². The molecule has 0 aliphatic heterocycles. The lowest BCUT2D eigenvalue weighted by atomic mass is 10.1. The molecule has 2 aromatic rings. The van der Waals surface area contributed by atoms with E-state index in [2.05, 4.69) is 6.58 Å². The molecule has 0 saturated heterocycles. The predicted molar refractivity (Wildman–Crippen MR) is 99.5 cm³/mol. The molecule has 2 rings (SSSR count). The highest BCUT2D eigenvalue weighted by molar-refractivity contribution is 6.07. The molecule has 0 spiro atoms. The lowest BCUT2D eigenvalue weighted by molar-refractivity contribution is 0.104. The molecule has 0 radical (unpaired) electrons. The minimum absolute atomic E-state index is 0.0996. The summed E-state index contributed by atoms with van der Waals surface area (Å²) < 4.78 is 16.0. The van der Waals surface area contributed by atoms with Crippen LogP contribution < -0.4 is 14.2 Å². The van der Waals surface area contributed by atoms with Crippen molar-refractivity contribution in [2.24, 2.45) is 0 Å². The number of allylic oxidation sites excluding steroid dienone is 2. The number of rotatable bonds is 7. The van der Waals surface area contributed by atoms with Crippen molar-refractivity contribution in [3.05, 3.63) is 71.5 Å². The van der Waals surface area contributed by atoms with Gasteiger partial charge in [0.05, 0.1) is 20.0 Å². The Morgan fingerprint density at radius 1 is 1.04 bits per heavy atom. The van der Waals surface area contributed by atoms with Crippen molar-refractivity contribution in [3.63, 3.8) is 0 Å². The summed E-state index contributed by atoms with van der Waals surface area (Å²) in [5.41, 5.74) is 2.36. The molecule has 0 aliphatic carbocycles. The first kappa shape index (κ1) is 18.3. The van der Waals surface area contributed by atoms with Gasteiger partial charge in [0.25, 0.3) is 0 Å². The second-order valence-corrected chi connectivity index (χ2v) is 5.59. The SMILES string of the molecule is C=C(C)Oc1ccc(C(=O)C=Cc2cc(C)c(OC)cc2OC)cc1. The molecule has 0 aliphatic rings. The third-order valence-electron chi connectivity index (χ3n) is 3.59. The monoisotopic (exact) mass is 338 g/mol. The van der Waals surface area contributed by atoms with E-state index in [4.69, 9.17) is 14.2 Å². The standard InChI is InChI=1S/C21H22O4/c1-14(2)25-18-9-6-16(7-10-18)19(22)11-8-17-12-15(3)20(23-4)13-21(17)24-5/h6-13H,1H2,2-5H3. The first-order chi connectivity index (χ1) is 11.9. The Labute approximate surface area is 148 Å². The maximum absolute atomic E-state index is 12.3. The summed E-state index contributed by atoms with van der Waals surface area (Å²) in [5.74, 6) is 2.55. The summed E-state index contributed by atoms with van der Waals surface area (Å²) in [7, 11) is 3.20. The molecule has 4 nitrogen and oxygen atoms in total. The molecule has 0 unspecified atom stereocenters. The smallest absolute Gasteiger partial charge is 0.185 e. The van der Waals surface area contributed by atoms with Crippen molar-refractivity contribution in [1.82, 2.24) is 0 Å². The van der Waals surface area contributed by atoms with Crippen LogP contribution in [0.1, 0.15) is 28.4 Å². The van der Waals surface area contributed by atoms with Crippen LogP contribution in [0.25, 0.3) is 6.08 Å². The highest BCUT2D eigenvalue weighted by Gasteiger charge is 2.08. The normalized spacial score (nSPS) is 10.6. The van der Waals surface area contributed by atoms with E-state index in [9.17, 15) is 4.79 Å². The molecule has 0 saturated carbocycles. The fourth-order valence-corrected chi connectivity index (χ4v) is 2.37. The van der Waals surface area contributed by atoms with Crippen LogP contribution in [0.15, 0.2) is 54.8 Å². The Kier molecular flexibility index (Phi) is 6.01. The third kappa shape index (κ3) is 4.73. The molecule has 25 heavy (non-hydrogen) atoms. The van der Waals surface area contributed by atoms with Crippen LogP contribution in [-0.4, -0.2) is 20.0 Å². The molecule has 0 amide bonds. The van der Waals surface area contributed by atoms with Crippen molar-refractivity contribution < 1.29 is 19.0 Å². The number of carbonyl (C=O) groups excluding carboxylic acids is 1. The molecule has 130 valence electrons. The molecule has 2 aromatic carbocycles. The van der Waals surface area contributed by atoms with Gasteiger partial charge in [-0.1, -0.05) is 6.58 Å². The zero-order chi connectivity index (χ0) is 18.4. The summed E-state index contributed by atoms with van der Waals surface area (Å²) in [6, 6.07) is 10.7. The second kappa shape index (κ2) is 8.20. The maximum Gasteiger partial charge on any atom is 0.185 e. The lowest BCUT2D eigenvalue weighted by Gasteiger charge is -2.10. The van der Waals surface area contributed by atoms with Gasteiger partial charge < -0.3 is 14.2 Å². The van der Waals surface area contributed by atoms with Gasteiger partial charge in [-0.2, -0.15) is 0 Å². The average Bonchev–Trinajstić information content (AvgIpc) is 2.59. The highest BCUT2D eigenvalue weighted by atomic mass is 16.5. The van der Waals surface area contributed by atoms with Gasteiger partial charge in [-0.25, -0.2) is 0 Å². The van der Waals surface area contributed by atoms with E-state index in [0.29, 0.717) is 22.8 Å². The van der Waals surface area contributed by atoms with Crippen molar-refractivity contribution in [3.8, 4) is 17.2 Å². The summed E-state index contributed by atoms with van der Waals surface area (Å²) >= 11 is 0. The fourth-order valence-electron chi connectivity index (χ4n) is 2.37. The molecule has 4 heteroatoms. The average molecular weight is 338 g/mol. The summed E-state index contributed by atoms with van der Waals surface area (Å²) in [6.07, 6.45) is 3.27. The molecule has 0 fully saturated rings. The Morgan fingerprint density at radius 2 is 1.68 bits per heavy atom. The van der Waals surface area contributed by atoms with Crippen LogP contribution in [0.2, 0.25) is 0 Å². The molecule has 0 N–H and O–H groups in total. The molecule has 0 heterocycles. The van der Waals surface area contributed by atoms with E-state index in [1.165, 1.54) is 6.08 Å². The van der Waals surface area contributed by atoms with E-state index >= 15 is 0 Å². The Morgan fingerprint density at radius 3 is 2.24 bits per heavy atom. The predicted octanol–water partition coefficient (Wildman–Crippen LogP) is 4.82. The van der Waals surface area contributed by atoms with Crippen LogP contribution in [0.5, 0.6) is 17.2 Å². The second-order valence-electron chi connectivity index (χ2n) is 5.59. The maximum atomic E-state index is 12.3. The van der Waals surface area contributed by atoms with Crippen molar-refractivity contribution in [1.29, 1.82) is 0 Å². The quantitative estimate of drug-likeness (QED) is 0.412. The minimum Gasteiger partial charge on any atom is -0.496 e. The first-order valence-corrected chi connectivity index (χ1v) is 7.83. The van der Waals surface area contributed by atoms with Gasteiger partial charge in [-0.3, -0.25) is 4.79 Å². The number of carbonyl (C=O) groups is 1. The number of ketones is 1. The number of aryl methyl sites for hydroxylation is 1. The van der Waals surface area contributed by atoms with Crippen LogP contribution in [0, 0.1) is 6.92 Å². The fraction of sp³-hybridized carbons (Fsp3) is 0.190. The van der Waals surface area contributed by atoms with E-state index in [1.54, 1.807) is 51.5 Å². The zero-order valence-corrected chi connectivity index (χ0v) is 15.0. The van der Waals surface area contributed by atoms with Crippen molar-refractivity contribution in [2.75, 3.05) is 14.2 Å². The number of methoxy groups -OCH3 is 2. The van der Waals surface area contributed by atoms with Gasteiger partial charge in [0.15, 0.2) is 5.78 Å². The Balaban J connectivity index is 2.19. The number of benzene rings is 2. The topological polar surface area (TPSA) is 44.8 Å². The number of hydrogen-bond donors (Lipinski definition) is 0. The number of hydrogen-bond acceptors (Lipinski definition) is 4. The molecule has 0 aromatic heterocycles. The summed E-state index contributed by atoms with van der Waals surface area (Å²) in [5, 5.41) is 0. The molecular formula is C21H22O4. The largest absolute Gasteiger partial charge is 0.496 e. The van der Waals surface area contributed by atoms with E-state index in [0.717, 1.165) is 16.9 Å². The highest BCUT2D eigenvalue weighted by Crippen LogP contribution is 2.29. The van der Waals surface area contributed by atoms with E-state index in [1.807, 2.05) is 19.1 Å². The van der Waals surface area contributed by atoms with Crippen LogP contribution in [0.4, 0.5) is 0 Å². The van der Waals surface area contributed by atoms with E-state index < -0.39 is 0 Å². The van der Waals surface area contributed by atoms with Crippen LogP contribution in [-0.2, 0) is 0 Å². The summed E-state index contributed by atoms with van der Waals surface area (Å²) in [4.78, 5) is 12.3. The lowest BCUT2D eigenvalue weighted by Crippen LogP contribution is -1.96. The van der Waals surface area contributed by atoms with E-state index in [-0.39, 0.29) is 5.78 Å². The molecular weight excluding hydrogens is 316 g/mol. The van der Waals surface area contributed by atoms with Crippen LogP contribution in [0.3, 0.4) is 0 Å². The van der Waals surface area contributed by atoms with Crippen LogP contribution >= 0.6 is 0 Å². The Bertz CT molecular complexity index is 801. The third-order valence-corrected chi connectivity index (χ3v) is 3.59. The van der Waals surface area contributed by atoms with Gasteiger partial charge in [0.2, 0.25) is 0 Å². The van der Waals surface area contributed by atoms with Gasteiger partial charge in [-0.05, 0) is 61.9 Å². The molecule has 0 bridgehead atoms. The van der Waals surface area contributed by atoms with Crippen molar-refractivity contribution in [2.45, 2.75) is 13.8 Å². The van der Waals surface area contributed by atoms with Gasteiger partial charge in [-0.15, -0.1) is 0 Å². The van der Waals surface area contributed by atoms with Gasteiger partial charge >= 0.3 is 0 Å². The van der Waals surface area contributed by atoms with Crippen molar-refractivity contribution >= 4 is 11.9 Å².